The van der Waals surface area contributed by atoms with E-state index in [1.807, 2.05) is 11.9 Å². The molecule has 1 saturated carbocycles. The van der Waals surface area contributed by atoms with Crippen LogP contribution in [-0.4, -0.2) is 18.2 Å². The molecule has 1 fully saturated rings. The van der Waals surface area contributed by atoms with Crippen LogP contribution in [0.4, 0.5) is 10.1 Å². The van der Waals surface area contributed by atoms with E-state index in [-0.39, 0.29) is 12.4 Å². The van der Waals surface area contributed by atoms with E-state index in [2.05, 4.69) is 6.92 Å². The Kier molecular flexibility index (Phi) is 3.15. The quantitative estimate of drug-likeness (QED) is 0.848. The maximum Gasteiger partial charge on any atom is 0.146 e. The average molecular weight is 223 g/mol. The Morgan fingerprint density at radius 3 is 2.75 bits per heavy atom. The van der Waals surface area contributed by atoms with Gasteiger partial charge >= 0.3 is 0 Å². The third kappa shape index (κ3) is 2.05. The summed E-state index contributed by atoms with van der Waals surface area (Å²) < 4.78 is 13.8. The number of anilines is 1. The maximum absolute atomic E-state index is 13.8. The predicted octanol–water partition coefficient (Wildman–Crippen LogP) is 2.55. The standard InChI is InChI=1S/C13H18FNO/c1-9(10-6-7-10)15(2)13-11(8-16)4-3-5-12(13)14/h3-5,9-10,16H,6-8H2,1-2H3. The lowest BCUT2D eigenvalue weighted by molar-refractivity contribution is 0.281. The van der Waals surface area contributed by atoms with Crippen molar-refractivity contribution in [2.75, 3.05) is 11.9 Å². The van der Waals surface area contributed by atoms with Gasteiger partial charge in [-0.1, -0.05) is 12.1 Å². The number of hydrogen-bond acceptors (Lipinski definition) is 2. The molecule has 0 bridgehead atoms. The largest absolute Gasteiger partial charge is 0.392 e. The van der Waals surface area contributed by atoms with E-state index < -0.39 is 0 Å². The minimum absolute atomic E-state index is 0.116. The highest BCUT2D eigenvalue weighted by molar-refractivity contribution is 5.55. The van der Waals surface area contributed by atoms with Crippen LogP contribution in [0.15, 0.2) is 18.2 Å². The molecule has 16 heavy (non-hydrogen) atoms. The van der Waals surface area contributed by atoms with Crippen molar-refractivity contribution in [1.29, 1.82) is 0 Å². The third-order valence-electron chi connectivity index (χ3n) is 3.51. The van der Waals surface area contributed by atoms with Crippen LogP contribution in [0.1, 0.15) is 25.3 Å². The summed E-state index contributed by atoms with van der Waals surface area (Å²) in [5.41, 5.74) is 1.21. The van der Waals surface area contributed by atoms with Crippen LogP contribution in [-0.2, 0) is 6.61 Å². The van der Waals surface area contributed by atoms with E-state index in [0.29, 0.717) is 23.2 Å². The predicted molar refractivity (Wildman–Crippen MR) is 62.9 cm³/mol. The summed E-state index contributed by atoms with van der Waals surface area (Å²) in [5.74, 6) is 0.428. The van der Waals surface area contributed by atoms with Gasteiger partial charge in [-0.3, -0.25) is 0 Å². The number of benzene rings is 1. The number of para-hydroxylation sites is 1. The first-order valence-electron chi connectivity index (χ1n) is 5.76. The first kappa shape index (κ1) is 11.4. The third-order valence-corrected chi connectivity index (χ3v) is 3.51. The van der Waals surface area contributed by atoms with E-state index in [9.17, 15) is 9.50 Å². The Labute approximate surface area is 95.7 Å². The second kappa shape index (κ2) is 4.42. The Morgan fingerprint density at radius 2 is 2.19 bits per heavy atom. The molecule has 1 aromatic rings. The lowest BCUT2D eigenvalue weighted by Crippen LogP contribution is -2.32. The second-order valence-corrected chi connectivity index (χ2v) is 4.59. The van der Waals surface area contributed by atoms with Gasteiger partial charge in [0.05, 0.1) is 12.3 Å². The summed E-state index contributed by atoms with van der Waals surface area (Å²) in [6, 6.07) is 5.20. The number of hydrogen-bond donors (Lipinski definition) is 1. The number of rotatable bonds is 4. The van der Waals surface area contributed by atoms with Crippen LogP contribution in [0.2, 0.25) is 0 Å². The van der Waals surface area contributed by atoms with Gasteiger partial charge in [0.25, 0.3) is 0 Å². The zero-order chi connectivity index (χ0) is 11.7. The van der Waals surface area contributed by atoms with Crippen molar-refractivity contribution in [3.63, 3.8) is 0 Å². The molecular formula is C13H18FNO. The molecule has 1 aliphatic rings. The topological polar surface area (TPSA) is 23.5 Å². The molecule has 2 rings (SSSR count). The molecule has 0 aliphatic heterocycles. The molecule has 1 aliphatic carbocycles. The smallest absolute Gasteiger partial charge is 0.146 e. The van der Waals surface area contributed by atoms with Crippen molar-refractivity contribution in [3.8, 4) is 0 Å². The van der Waals surface area contributed by atoms with Crippen molar-refractivity contribution in [2.24, 2.45) is 5.92 Å². The zero-order valence-electron chi connectivity index (χ0n) is 9.78. The summed E-state index contributed by atoms with van der Waals surface area (Å²) in [4.78, 5) is 1.96. The van der Waals surface area contributed by atoms with Gasteiger partial charge in [-0.05, 0) is 31.7 Å². The molecular weight excluding hydrogens is 205 g/mol. The minimum Gasteiger partial charge on any atom is -0.392 e. The molecule has 0 spiro atoms. The minimum atomic E-state index is -0.249. The van der Waals surface area contributed by atoms with Crippen LogP contribution in [0, 0.1) is 11.7 Å². The van der Waals surface area contributed by atoms with Gasteiger partial charge in [0.15, 0.2) is 0 Å². The van der Waals surface area contributed by atoms with Crippen LogP contribution in [0.25, 0.3) is 0 Å². The van der Waals surface area contributed by atoms with Crippen LogP contribution in [0.3, 0.4) is 0 Å². The lowest BCUT2D eigenvalue weighted by atomic mass is 10.1. The molecule has 1 unspecified atom stereocenters. The zero-order valence-corrected chi connectivity index (χ0v) is 9.78. The monoisotopic (exact) mass is 223 g/mol. The van der Waals surface area contributed by atoms with Gasteiger partial charge in [0.2, 0.25) is 0 Å². The Morgan fingerprint density at radius 1 is 1.50 bits per heavy atom. The van der Waals surface area contributed by atoms with E-state index >= 15 is 0 Å². The Bertz CT molecular complexity index is 376. The fraction of sp³-hybridized carbons (Fsp3) is 0.538. The summed E-state index contributed by atoms with van der Waals surface area (Å²) in [7, 11) is 1.90. The van der Waals surface area contributed by atoms with Crippen molar-refractivity contribution in [3.05, 3.63) is 29.6 Å². The van der Waals surface area contributed by atoms with Crippen molar-refractivity contribution in [2.45, 2.75) is 32.4 Å². The number of aliphatic hydroxyl groups excluding tert-OH is 1. The fourth-order valence-electron chi connectivity index (χ4n) is 2.18. The molecule has 2 nitrogen and oxygen atoms in total. The van der Waals surface area contributed by atoms with Gasteiger partial charge < -0.3 is 10.0 Å². The van der Waals surface area contributed by atoms with E-state index in [1.165, 1.54) is 18.9 Å². The number of aliphatic hydroxyl groups is 1. The number of nitrogens with zero attached hydrogens (tertiary/aromatic N) is 1. The van der Waals surface area contributed by atoms with Crippen molar-refractivity contribution < 1.29 is 9.50 Å². The molecule has 0 amide bonds. The van der Waals surface area contributed by atoms with Gasteiger partial charge in [-0.2, -0.15) is 0 Å². The van der Waals surface area contributed by atoms with E-state index in [1.54, 1.807) is 12.1 Å². The fourth-order valence-corrected chi connectivity index (χ4v) is 2.18. The highest BCUT2D eigenvalue weighted by Crippen LogP contribution is 2.37. The highest BCUT2D eigenvalue weighted by Gasteiger charge is 2.32. The molecule has 3 heteroatoms. The average Bonchev–Trinajstić information content (AvgIpc) is 3.10. The maximum atomic E-state index is 13.8. The molecule has 88 valence electrons. The van der Waals surface area contributed by atoms with Gasteiger partial charge in [-0.15, -0.1) is 0 Å². The van der Waals surface area contributed by atoms with E-state index in [4.69, 9.17) is 0 Å². The molecule has 1 N–H and O–H groups in total. The molecule has 1 atom stereocenters. The summed E-state index contributed by atoms with van der Waals surface area (Å²) >= 11 is 0. The number of halogens is 1. The Balaban J connectivity index is 2.30. The molecule has 0 aromatic heterocycles. The van der Waals surface area contributed by atoms with Crippen LogP contribution in [0.5, 0.6) is 0 Å². The summed E-state index contributed by atoms with van der Waals surface area (Å²) in [5, 5.41) is 9.23. The summed E-state index contributed by atoms with van der Waals surface area (Å²) in [6.45, 7) is 2.00. The first-order chi connectivity index (χ1) is 7.65. The van der Waals surface area contributed by atoms with Gasteiger partial charge in [0, 0.05) is 18.7 Å². The van der Waals surface area contributed by atoms with Crippen molar-refractivity contribution >= 4 is 5.69 Å². The van der Waals surface area contributed by atoms with Gasteiger partial charge in [-0.25, -0.2) is 4.39 Å². The normalized spacial score (nSPS) is 17.2. The van der Waals surface area contributed by atoms with E-state index in [0.717, 1.165) is 0 Å². The van der Waals surface area contributed by atoms with Gasteiger partial charge in [0.1, 0.15) is 5.82 Å². The molecule has 0 saturated heterocycles. The van der Waals surface area contributed by atoms with Crippen LogP contribution < -0.4 is 4.90 Å². The SMILES string of the molecule is CC(C1CC1)N(C)c1c(F)cccc1CO. The Hall–Kier alpha value is -1.09. The lowest BCUT2D eigenvalue weighted by Gasteiger charge is -2.29. The molecule has 0 heterocycles. The first-order valence-corrected chi connectivity index (χ1v) is 5.76. The van der Waals surface area contributed by atoms with Crippen LogP contribution >= 0.6 is 0 Å². The summed E-state index contributed by atoms with van der Waals surface area (Å²) in [6.07, 6.45) is 2.46. The molecule has 0 radical (unpaired) electrons. The highest BCUT2D eigenvalue weighted by atomic mass is 19.1. The molecule has 1 aromatic carbocycles. The second-order valence-electron chi connectivity index (χ2n) is 4.59. The van der Waals surface area contributed by atoms with Crippen molar-refractivity contribution in [1.82, 2.24) is 0 Å².